The molecule has 8 heteroatoms. The molecule has 0 radical (unpaired) electrons. The third-order valence-electron chi connectivity index (χ3n) is 22.0. The van der Waals surface area contributed by atoms with Gasteiger partial charge in [0.25, 0.3) is 0 Å². The van der Waals surface area contributed by atoms with Gasteiger partial charge in [-0.1, -0.05) is 253 Å². The van der Waals surface area contributed by atoms with Crippen LogP contribution in [-0.4, -0.2) is 36.6 Å². The second kappa shape index (κ2) is 26.1. The number of fused-ring (bicyclic) bond motifs is 14. The second-order valence-electron chi connectivity index (χ2n) is 28.8. The highest BCUT2D eigenvalue weighted by Gasteiger charge is 2.51. The molecule has 1 aliphatic heterocycles. The number of aromatic nitrogens is 4. The minimum Gasteiger partial charge on any atom is -1.00 e. The van der Waals surface area contributed by atoms with Crippen molar-refractivity contribution in [2.45, 2.75) is 38.9 Å². The predicted octanol–water partition coefficient (Wildman–Crippen LogP) is 25.9. The quantitative estimate of drug-likeness (QED) is 0.142. The van der Waals surface area contributed by atoms with E-state index in [0.717, 1.165) is 9.94 Å². The molecule has 0 saturated carbocycles. The number of para-hydroxylation sites is 6. The SMILES string of the molecule is Brc1ccc(-c2ccc3c(c2)c2ccccc2n3-c2ccccc2)cc1.CC1(C)OB(c2ccc3c(c2)c2ccccc2n3-c2ccc3ccccc3c2)OC1(C)C.[H-].c1ccc(-n2c3ccccc3c3cc(-c4ccc(-c5ccc6c(c5)c5ccccc5n6-c5ccc6ccccc6c5)cc4)ccc32)cc1. The van der Waals surface area contributed by atoms with Crippen molar-refractivity contribution in [2.75, 3.05) is 0 Å². The molecular weight excluding hydrogens is 1360 g/mol. The maximum absolute atomic E-state index is 6.32. The Morgan fingerprint density at radius 2 is 0.519 bits per heavy atom. The van der Waals surface area contributed by atoms with E-state index in [9.17, 15) is 0 Å². The molecule has 0 amide bonds. The highest BCUT2D eigenvalue weighted by molar-refractivity contribution is 9.10. The summed E-state index contributed by atoms with van der Waals surface area (Å²) in [5.74, 6) is 0. The lowest BCUT2D eigenvalue weighted by Gasteiger charge is -2.32. The van der Waals surface area contributed by atoms with Gasteiger partial charge in [0.15, 0.2) is 0 Å². The lowest BCUT2D eigenvalue weighted by molar-refractivity contribution is 0.00578. The molecule has 0 aliphatic carbocycles. The third-order valence-corrected chi connectivity index (χ3v) is 22.5. The van der Waals surface area contributed by atoms with Gasteiger partial charge in [-0.15, -0.1) is 0 Å². The Labute approximate surface area is 625 Å². The summed E-state index contributed by atoms with van der Waals surface area (Å²) in [7, 11) is -0.368. The van der Waals surface area contributed by atoms with E-state index in [0.29, 0.717) is 0 Å². The molecule has 4 aromatic heterocycles. The number of halogens is 1. The first-order valence-corrected chi connectivity index (χ1v) is 37.2. The van der Waals surface area contributed by atoms with Crippen LogP contribution in [0.4, 0.5) is 0 Å². The lowest BCUT2D eigenvalue weighted by atomic mass is 9.78. The number of hydrogen-bond donors (Lipinski definition) is 0. The van der Waals surface area contributed by atoms with Crippen molar-refractivity contribution in [3.05, 3.63) is 368 Å². The van der Waals surface area contributed by atoms with Crippen LogP contribution in [0.25, 0.3) is 165 Å². The average molecular weight is 1430 g/mol. The fourth-order valence-corrected chi connectivity index (χ4v) is 16.2. The maximum atomic E-state index is 6.32. The van der Waals surface area contributed by atoms with Gasteiger partial charge in [0.05, 0.1) is 55.3 Å². The highest BCUT2D eigenvalue weighted by Crippen LogP contribution is 2.42. The normalized spacial score (nSPS) is 13.4. The minimum absolute atomic E-state index is 0. The van der Waals surface area contributed by atoms with E-state index in [-0.39, 0.29) is 19.7 Å². The molecule has 16 aromatic carbocycles. The van der Waals surface area contributed by atoms with E-state index in [2.05, 4.69) is 426 Å². The van der Waals surface area contributed by atoms with Gasteiger partial charge in [-0.25, -0.2) is 0 Å². The van der Waals surface area contributed by atoms with Crippen molar-refractivity contribution in [1.82, 2.24) is 18.3 Å². The number of benzene rings is 16. The first kappa shape index (κ1) is 64.5. The molecule has 21 rings (SSSR count). The summed E-state index contributed by atoms with van der Waals surface area (Å²) in [6.45, 7) is 8.38. The van der Waals surface area contributed by atoms with E-state index in [1.165, 1.54) is 165 Å². The molecular formula is C98H73BBrN4O2-. The van der Waals surface area contributed by atoms with E-state index in [1.54, 1.807) is 0 Å². The summed E-state index contributed by atoms with van der Waals surface area (Å²) in [5, 5.41) is 15.1. The van der Waals surface area contributed by atoms with Gasteiger partial charge in [0.2, 0.25) is 0 Å². The zero-order valence-corrected chi connectivity index (χ0v) is 60.8. The van der Waals surface area contributed by atoms with Crippen molar-refractivity contribution in [3.63, 3.8) is 0 Å². The van der Waals surface area contributed by atoms with Crippen LogP contribution in [0.5, 0.6) is 0 Å². The largest absolute Gasteiger partial charge is 1.00 e. The van der Waals surface area contributed by atoms with Crippen LogP contribution < -0.4 is 5.46 Å². The molecule has 106 heavy (non-hydrogen) atoms. The molecule has 0 bridgehead atoms. The molecule has 1 saturated heterocycles. The van der Waals surface area contributed by atoms with Gasteiger partial charge in [-0.05, 0) is 215 Å². The van der Waals surface area contributed by atoms with Crippen molar-refractivity contribution >= 4 is 137 Å². The molecule has 0 spiro atoms. The topological polar surface area (TPSA) is 38.2 Å². The summed E-state index contributed by atoms with van der Waals surface area (Å²) in [4.78, 5) is 0. The fourth-order valence-electron chi connectivity index (χ4n) is 16.0. The molecule has 0 unspecified atom stereocenters. The van der Waals surface area contributed by atoms with Crippen LogP contribution in [0.15, 0.2) is 368 Å². The Morgan fingerprint density at radius 1 is 0.236 bits per heavy atom. The summed E-state index contributed by atoms with van der Waals surface area (Å²) < 4.78 is 23.2. The highest BCUT2D eigenvalue weighted by atomic mass is 79.9. The predicted molar refractivity (Wildman–Crippen MR) is 453 cm³/mol. The van der Waals surface area contributed by atoms with Crippen LogP contribution in [0.3, 0.4) is 0 Å². The lowest BCUT2D eigenvalue weighted by Crippen LogP contribution is -2.41. The van der Waals surface area contributed by atoms with Crippen molar-refractivity contribution in [2.24, 2.45) is 0 Å². The van der Waals surface area contributed by atoms with E-state index in [1.807, 2.05) is 0 Å². The number of rotatable bonds is 8. The van der Waals surface area contributed by atoms with Crippen LogP contribution >= 0.6 is 15.9 Å². The zero-order chi connectivity index (χ0) is 71.2. The Bertz CT molecular complexity index is 6780. The number of hydrogen-bond acceptors (Lipinski definition) is 2. The zero-order valence-electron chi connectivity index (χ0n) is 60.2. The Hall–Kier alpha value is -12.3. The first-order valence-electron chi connectivity index (χ1n) is 36.4. The van der Waals surface area contributed by atoms with Crippen molar-refractivity contribution < 1.29 is 10.7 Å². The third kappa shape index (κ3) is 11.3. The Kier molecular flexibility index (Phi) is 15.9. The summed E-state index contributed by atoms with van der Waals surface area (Å²) >= 11 is 3.52. The van der Waals surface area contributed by atoms with Gasteiger partial charge >= 0.3 is 7.12 Å². The minimum atomic E-state index is -0.368. The van der Waals surface area contributed by atoms with Crippen molar-refractivity contribution in [1.29, 1.82) is 0 Å². The van der Waals surface area contributed by atoms with Crippen LogP contribution in [-0.2, 0) is 9.31 Å². The average Bonchev–Trinajstić information content (AvgIpc) is 1.61. The van der Waals surface area contributed by atoms with E-state index in [4.69, 9.17) is 9.31 Å². The van der Waals surface area contributed by atoms with Gasteiger partial charge in [0, 0.05) is 70.3 Å². The van der Waals surface area contributed by atoms with Gasteiger partial charge in [-0.2, -0.15) is 0 Å². The molecule has 20 aromatic rings. The number of nitrogens with zero attached hydrogens (tertiary/aromatic N) is 4. The standard InChI is InChI=1S/C46H30N2.C28H26BNO2.C24H16BrN.H/c1-2-12-37(13-3-1)47-43-16-8-6-14-39(43)41-29-35(23-26-45(41)47)32-18-20-33(21-19-32)36-24-27-46-42(30-36)40-15-7-9-17-44(40)48(46)38-25-22-31-10-4-5-11-34(31)28-38;1-27(2)28(3,4)32-29(31-27)21-14-16-26-24(18-21)23-11-7-8-12-25(23)30(26)22-15-13-19-9-5-6-10-20(19)17-22;25-19-13-10-17(11-14-19)18-12-15-24-22(16-18)21-8-4-5-9-23(21)26(24)20-6-2-1-3-7-20;/h1-30H;5-18H,1-4H3;1-16H;/q;;;-1. The van der Waals surface area contributed by atoms with E-state index >= 15 is 0 Å². The second-order valence-corrected chi connectivity index (χ2v) is 29.7. The summed E-state index contributed by atoms with van der Waals surface area (Å²) in [6, 6.07) is 131. The van der Waals surface area contributed by atoms with Crippen molar-refractivity contribution in [3.8, 4) is 56.1 Å². The van der Waals surface area contributed by atoms with Crippen LogP contribution in [0.1, 0.15) is 29.1 Å². The van der Waals surface area contributed by atoms with Crippen LogP contribution in [0.2, 0.25) is 0 Å². The smallest absolute Gasteiger partial charge is 0.494 e. The Morgan fingerprint density at radius 3 is 0.896 bits per heavy atom. The molecule has 1 aliphatic rings. The molecule has 0 N–H and O–H groups in total. The maximum Gasteiger partial charge on any atom is 0.494 e. The molecule has 1 fully saturated rings. The summed E-state index contributed by atoms with van der Waals surface area (Å²) in [6.07, 6.45) is 0. The van der Waals surface area contributed by atoms with Crippen LogP contribution in [0, 0.1) is 0 Å². The first-order chi connectivity index (χ1) is 51.9. The van der Waals surface area contributed by atoms with Gasteiger partial charge in [0.1, 0.15) is 0 Å². The van der Waals surface area contributed by atoms with E-state index < -0.39 is 0 Å². The summed E-state index contributed by atoms with van der Waals surface area (Å²) in [5.41, 5.74) is 22.1. The molecule has 508 valence electrons. The molecule has 6 nitrogen and oxygen atoms in total. The molecule has 5 heterocycles. The monoisotopic (exact) mass is 1430 g/mol. The van der Waals surface area contributed by atoms with Gasteiger partial charge in [-0.3, -0.25) is 0 Å². The van der Waals surface area contributed by atoms with Gasteiger partial charge < -0.3 is 29.0 Å². The fraction of sp³-hybridized carbons (Fsp3) is 0.0612. The molecule has 0 atom stereocenters. The Balaban J connectivity index is 0.000000119.